The predicted octanol–water partition coefficient (Wildman–Crippen LogP) is 0.472. The van der Waals surface area contributed by atoms with Crippen molar-refractivity contribution in [3.63, 3.8) is 0 Å². The minimum Gasteiger partial charge on any atom is -0.354 e. The number of carbonyl (C=O) groups is 1. The van der Waals surface area contributed by atoms with Gasteiger partial charge in [0.15, 0.2) is 0 Å². The smallest absolute Gasteiger partial charge is 0.241 e. The number of aromatic amines is 1. The van der Waals surface area contributed by atoms with Crippen molar-refractivity contribution in [3.8, 4) is 0 Å². The van der Waals surface area contributed by atoms with Gasteiger partial charge < -0.3 is 11.1 Å². The summed E-state index contributed by atoms with van der Waals surface area (Å²) in [4.78, 5) is 15.9. The fourth-order valence-corrected chi connectivity index (χ4v) is 1.69. The van der Waals surface area contributed by atoms with Crippen molar-refractivity contribution in [2.45, 2.75) is 19.4 Å². The van der Waals surface area contributed by atoms with E-state index < -0.39 is 6.04 Å². The van der Waals surface area contributed by atoms with E-state index in [0.717, 1.165) is 17.0 Å². The van der Waals surface area contributed by atoms with E-state index in [-0.39, 0.29) is 5.91 Å². The van der Waals surface area contributed by atoms with E-state index >= 15 is 0 Å². The maximum atomic E-state index is 11.9. The van der Waals surface area contributed by atoms with Crippen LogP contribution >= 0.6 is 0 Å². The van der Waals surface area contributed by atoms with E-state index in [2.05, 4.69) is 20.5 Å². The SMILES string of the molecule is Cc1ccc(C(N)C(=O)NCCc2ncn[nH]2)cc1. The van der Waals surface area contributed by atoms with Crippen LogP contribution in [-0.2, 0) is 11.2 Å². The summed E-state index contributed by atoms with van der Waals surface area (Å²) in [5.41, 5.74) is 7.85. The van der Waals surface area contributed by atoms with Gasteiger partial charge in [0, 0.05) is 13.0 Å². The lowest BCUT2D eigenvalue weighted by molar-refractivity contribution is -0.122. The van der Waals surface area contributed by atoms with Gasteiger partial charge in [-0.15, -0.1) is 0 Å². The number of carbonyl (C=O) groups excluding carboxylic acids is 1. The normalized spacial score (nSPS) is 12.1. The molecule has 2 aromatic rings. The van der Waals surface area contributed by atoms with E-state index in [4.69, 9.17) is 5.73 Å². The summed E-state index contributed by atoms with van der Waals surface area (Å²) < 4.78 is 0. The number of amides is 1. The molecule has 6 heteroatoms. The number of aromatic nitrogens is 3. The Kier molecular flexibility index (Phi) is 4.25. The van der Waals surface area contributed by atoms with Crippen molar-refractivity contribution in [2.75, 3.05) is 6.54 Å². The lowest BCUT2D eigenvalue weighted by atomic mass is 10.1. The molecule has 0 saturated heterocycles. The Bertz CT molecular complexity index is 520. The third-order valence-corrected chi connectivity index (χ3v) is 2.84. The van der Waals surface area contributed by atoms with Gasteiger partial charge in [-0.25, -0.2) is 4.98 Å². The predicted molar refractivity (Wildman–Crippen MR) is 71.2 cm³/mol. The monoisotopic (exact) mass is 259 g/mol. The van der Waals surface area contributed by atoms with Gasteiger partial charge in [-0.3, -0.25) is 9.89 Å². The first kappa shape index (κ1) is 13.2. The van der Waals surface area contributed by atoms with Gasteiger partial charge in [0.1, 0.15) is 18.2 Å². The van der Waals surface area contributed by atoms with Gasteiger partial charge in [-0.1, -0.05) is 29.8 Å². The van der Waals surface area contributed by atoms with Crippen LogP contribution in [0.3, 0.4) is 0 Å². The average Bonchev–Trinajstić information content (AvgIpc) is 2.92. The number of nitrogens with two attached hydrogens (primary N) is 1. The topological polar surface area (TPSA) is 96.7 Å². The van der Waals surface area contributed by atoms with Crippen LogP contribution in [0.2, 0.25) is 0 Å². The maximum absolute atomic E-state index is 11.9. The summed E-state index contributed by atoms with van der Waals surface area (Å²) >= 11 is 0. The molecule has 100 valence electrons. The molecule has 0 radical (unpaired) electrons. The Morgan fingerprint density at radius 2 is 2.16 bits per heavy atom. The zero-order valence-electron chi connectivity index (χ0n) is 10.8. The Labute approximate surface area is 111 Å². The molecular weight excluding hydrogens is 242 g/mol. The standard InChI is InChI=1S/C13H17N5O/c1-9-2-4-10(5-3-9)12(14)13(19)15-7-6-11-16-8-17-18-11/h2-5,8,12H,6-7,14H2,1H3,(H,15,19)(H,16,17,18). The fraction of sp³-hybridized carbons (Fsp3) is 0.308. The third-order valence-electron chi connectivity index (χ3n) is 2.84. The van der Waals surface area contributed by atoms with E-state index in [1.807, 2.05) is 31.2 Å². The van der Waals surface area contributed by atoms with Crippen molar-refractivity contribution >= 4 is 5.91 Å². The molecule has 0 saturated carbocycles. The minimum atomic E-state index is -0.643. The number of nitrogens with zero attached hydrogens (tertiary/aromatic N) is 2. The fourth-order valence-electron chi connectivity index (χ4n) is 1.69. The van der Waals surface area contributed by atoms with Crippen LogP contribution in [0, 0.1) is 6.92 Å². The molecule has 1 heterocycles. The van der Waals surface area contributed by atoms with E-state index in [0.29, 0.717) is 13.0 Å². The molecule has 6 nitrogen and oxygen atoms in total. The second-order valence-electron chi connectivity index (χ2n) is 4.36. The zero-order valence-corrected chi connectivity index (χ0v) is 10.8. The van der Waals surface area contributed by atoms with Gasteiger partial charge >= 0.3 is 0 Å². The lowest BCUT2D eigenvalue weighted by Crippen LogP contribution is -2.35. The number of benzene rings is 1. The molecule has 1 aromatic heterocycles. The van der Waals surface area contributed by atoms with Crippen molar-refractivity contribution in [1.82, 2.24) is 20.5 Å². The zero-order chi connectivity index (χ0) is 13.7. The Balaban J connectivity index is 1.83. The molecule has 0 spiro atoms. The van der Waals surface area contributed by atoms with Gasteiger partial charge in [0.25, 0.3) is 0 Å². The molecule has 2 rings (SSSR count). The van der Waals surface area contributed by atoms with Gasteiger partial charge in [0.05, 0.1) is 0 Å². The van der Waals surface area contributed by atoms with Crippen molar-refractivity contribution < 1.29 is 4.79 Å². The first-order chi connectivity index (χ1) is 9.16. The van der Waals surface area contributed by atoms with Crippen molar-refractivity contribution in [2.24, 2.45) is 5.73 Å². The van der Waals surface area contributed by atoms with Gasteiger partial charge in [0.2, 0.25) is 5.91 Å². The van der Waals surface area contributed by atoms with Crippen LogP contribution in [0.15, 0.2) is 30.6 Å². The number of H-pyrrole nitrogens is 1. The first-order valence-corrected chi connectivity index (χ1v) is 6.11. The van der Waals surface area contributed by atoms with Crippen molar-refractivity contribution in [3.05, 3.63) is 47.5 Å². The molecule has 0 aliphatic rings. The summed E-state index contributed by atoms with van der Waals surface area (Å²) in [6.07, 6.45) is 2.04. The molecule has 0 aliphatic carbocycles. The number of hydrogen-bond donors (Lipinski definition) is 3. The summed E-state index contributed by atoms with van der Waals surface area (Å²) in [5.74, 6) is 0.549. The number of hydrogen-bond acceptors (Lipinski definition) is 4. The highest BCUT2D eigenvalue weighted by atomic mass is 16.2. The van der Waals surface area contributed by atoms with E-state index in [1.165, 1.54) is 6.33 Å². The number of nitrogens with one attached hydrogen (secondary N) is 2. The van der Waals surface area contributed by atoms with E-state index in [1.54, 1.807) is 0 Å². The van der Waals surface area contributed by atoms with Crippen LogP contribution < -0.4 is 11.1 Å². The average molecular weight is 259 g/mol. The first-order valence-electron chi connectivity index (χ1n) is 6.11. The van der Waals surface area contributed by atoms with Gasteiger partial charge in [-0.2, -0.15) is 5.10 Å². The second kappa shape index (κ2) is 6.10. The lowest BCUT2D eigenvalue weighted by Gasteiger charge is -2.12. The molecule has 0 fully saturated rings. The highest BCUT2D eigenvalue weighted by molar-refractivity contribution is 5.82. The van der Waals surface area contributed by atoms with Crippen LogP contribution in [0.4, 0.5) is 0 Å². The molecule has 1 aromatic carbocycles. The Morgan fingerprint density at radius 3 is 2.79 bits per heavy atom. The quantitative estimate of drug-likeness (QED) is 0.727. The van der Waals surface area contributed by atoms with Crippen molar-refractivity contribution in [1.29, 1.82) is 0 Å². The molecule has 0 aliphatic heterocycles. The Hall–Kier alpha value is -2.21. The maximum Gasteiger partial charge on any atom is 0.241 e. The Morgan fingerprint density at radius 1 is 1.42 bits per heavy atom. The second-order valence-corrected chi connectivity index (χ2v) is 4.36. The molecule has 0 bridgehead atoms. The van der Waals surface area contributed by atoms with Gasteiger partial charge in [-0.05, 0) is 12.5 Å². The highest BCUT2D eigenvalue weighted by Gasteiger charge is 2.14. The summed E-state index contributed by atoms with van der Waals surface area (Å²) in [6.45, 7) is 2.47. The molecule has 4 N–H and O–H groups in total. The van der Waals surface area contributed by atoms with Crippen LogP contribution in [-0.4, -0.2) is 27.6 Å². The van der Waals surface area contributed by atoms with E-state index in [9.17, 15) is 4.79 Å². The highest BCUT2D eigenvalue weighted by Crippen LogP contribution is 2.11. The molecule has 19 heavy (non-hydrogen) atoms. The summed E-state index contributed by atoms with van der Waals surface area (Å²) in [7, 11) is 0. The third kappa shape index (κ3) is 3.62. The minimum absolute atomic E-state index is 0.191. The van der Waals surface area contributed by atoms with Crippen LogP contribution in [0.25, 0.3) is 0 Å². The number of rotatable bonds is 5. The molecule has 1 unspecified atom stereocenters. The van der Waals surface area contributed by atoms with Crippen LogP contribution in [0.1, 0.15) is 23.0 Å². The largest absolute Gasteiger partial charge is 0.354 e. The molecule has 1 atom stereocenters. The number of aryl methyl sites for hydroxylation is 1. The molecular formula is C13H17N5O. The van der Waals surface area contributed by atoms with Crippen LogP contribution in [0.5, 0.6) is 0 Å². The summed E-state index contributed by atoms with van der Waals surface area (Å²) in [5, 5.41) is 9.25. The summed E-state index contributed by atoms with van der Waals surface area (Å²) in [6, 6.07) is 6.98. The molecule has 1 amide bonds.